The molecule has 0 bridgehead atoms. The molecular formula is C24H28ClN5O. The highest BCUT2D eigenvalue weighted by Crippen LogP contribution is 2.24. The maximum atomic E-state index is 12.8. The number of amides is 1. The van der Waals surface area contributed by atoms with E-state index in [1.807, 2.05) is 36.7 Å². The standard InChI is InChI=1S/C24H28ClN5O/c1-16-5-4-6-29(12-16)14-19-7-20(9-21(8-19)30-13-18(3)27-15-30)28-24(31)23-10-22(25)17(2)11-26-23/h7-11,13,15-16H,4-6,12,14H2,1-3H3,(H,28,31). The molecule has 1 aliphatic heterocycles. The topological polar surface area (TPSA) is 63.0 Å². The van der Waals surface area contributed by atoms with Crippen molar-refractivity contribution >= 4 is 23.2 Å². The number of likely N-dealkylation sites (tertiary alicyclic amines) is 1. The van der Waals surface area contributed by atoms with E-state index in [9.17, 15) is 4.79 Å². The molecule has 0 radical (unpaired) electrons. The highest BCUT2D eigenvalue weighted by Gasteiger charge is 2.17. The van der Waals surface area contributed by atoms with Gasteiger partial charge in [0.05, 0.1) is 12.0 Å². The van der Waals surface area contributed by atoms with E-state index in [2.05, 4.69) is 33.2 Å². The Kier molecular flexibility index (Phi) is 6.39. The summed E-state index contributed by atoms with van der Waals surface area (Å²) >= 11 is 6.18. The molecule has 162 valence electrons. The van der Waals surface area contributed by atoms with Gasteiger partial charge in [0.15, 0.2) is 0 Å². The molecule has 1 atom stereocenters. The zero-order valence-corrected chi connectivity index (χ0v) is 19.0. The summed E-state index contributed by atoms with van der Waals surface area (Å²) in [5, 5.41) is 3.53. The summed E-state index contributed by atoms with van der Waals surface area (Å²) in [4.78, 5) is 23.9. The van der Waals surface area contributed by atoms with E-state index in [1.165, 1.54) is 12.8 Å². The van der Waals surface area contributed by atoms with Gasteiger partial charge in [-0.1, -0.05) is 18.5 Å². The van der Waals surface area contributed by atoms with E-state index >= 15 is 0 Å². The summed E-state index contributed by atoms with van der Waals surface area (Å²) in [7, 11) is 0. The average Bonchev–Trinajstić information content (AvgIpc) is 3.16. The van der Waals surface area contributed by atoms with Crippen LogP contribution in [0, 0.1) is 19.8 Å². The Labute approximate surface area is 188 Å². The summed E-state index contributed by atoms with van der Waals surface area (Å²) in [5.41, 5.74) is 4.93. The Morgan fingerprint density at radius 1 is 1.23 bits per heavy atom. The van der Waals surface area contributed by atoms with Crippen molar-refractivity contribution in [3.63, 3.8) is 0 Å². The van der Waals surface area contributed by atoms with Gasteiger partial charge in [0.1, 0.15) is 5.69 Å². The maximum absolute atomic E-state index is 12.8. The molecule has 0 aliphatic carbocycles. The number of benzene rings is 1. The first-order valence-electron chi connectivity index (χ1n) is 10.7. The fourth-order valence-corrected chi connectivity index (χ4v) is 4.21. The van der Waals surface area contributed by atoms with Gasteiger partial charge in [-0.25, -0.2) is 4.98 Å². The minimum absolute atomic E-state index is 0.279. The molecule has 1 unspecified atom stereocenters. The molecule has 7 heteroatoms. The molecule has 1 saturated heterocycles. The Balaban J connectivity index is 1.62. The summed E-state index contributed by atoms with van der Waals surface area (Å²) in [6, 6.07) is 7.76. The second kappa shape index (κ2) is 9.20. The van der Waals surface area contributed by atoms with Crippen LogP contribution in [-0.2, 0) is 6.54 Å². The number of hydrogen-bond donors (Lipinski definition) is 1. The number of carbonyl (C=O) groups is 1. The summed E-state index contributed by atoms with van der Waals surface area (Å²) < 4.78 is 1.98. The van der Waals surface area contributed by atoms with Crippen LogP contribution in [0.5, 0.6) is 0 Å². The monoisotopic (exact) mass is 437 g/mol. The van der Waals surface area contributed by atoms with E-state index in [4.69, 9.17) is 11.6 Å². The van der Waals surface area contributed by atoms with Crippen molar-refractivity contribution in [2.45, 2.75) is 40.2 Å². The van der Waals surface area contributed by atoms with Crippen LogP contribution < -0.4 is 5.32 Å². The Bertz CT molecular complexity index is 1090. The lowest BCUT2D eigenvalue weighted by atomic mass is 9.99. The molecule has 3 heterocycles. The first-order chi connectivity index (χ1) is 14.9. The number of nitrogens with zero attached hydrogens (tertiary/aromatic N) is 4. The van der Waals surface area contributed by atoms with E-state index in [0.29, 0.717) is 16.6 Å². The third-order valence-electron chi connectivity index (χ3n) is 5.66. The van der Waals surface area contributed by atoms with Crippen LogP contribution in [0.25, 0.3) is 5.69 Å². The Hall–Kier alpha value is -2.70. The number of rotatable bonds is 5. The molecule has 1 aliphatic rings. The van der Waals surface area contributed by atoms with Crippen molar-refractivity contribution < 1.29 is 4.79 Å². The lowest BCUT2D eigenvalue weighted by molar-refractivity contribution is 0.102. The summed E-state index contributed by atoms with van der Waals surface area (Å²) in [6.07, 6.45) is 7.91. The highest BCUT2D eigenvalue weighted by molar-refractivity contribution is 6.31. The molecule has 0 spiro atoms. The van der Waals surface area contributed by atoms with E-state index in [0.717, 1.165) is 47.8 Å². The fraction of sp³-hybridized carbons (Fsp3) is 0.375. The second-order valence-corrected chi connectivity index (χ2v) is 8.97. The smallest absolute Gasteiger partial charge is 0.274 e. The predicted molar refractivity (Wildman–Crippen MR) is 124 cm³/mol. The van der Waals surface area contributed by atoms with Crippen LogP contribution in [0.3, 0.4) is 0 Å². The summed E-state index contributed by atoms with van der Waals surface area (Å²) in [6.45, 7) is 9.19. The van der Waals surface area contributed by atoms with Gasteiger partial charge in [0, 0.05) is 41.9 Å². The molecular weight excluding hydrogens is 410 g/mol. The van der Waals surface area contributed by atoms with Gasteiger partial charge in [-0.05, 0) is 74.5 Å². The summed E-state index contributed by atoms with van der Waals surface area (Å²) in [5.74, 6) is 0.433. The second-order valence-electron chi connectivity index (χ2n) is 8.57. The number of aromatic nitrogens is 3. The van der Waals surface area contributed by atoms with Crippen molar-refractivity contribution in [2.24, 2.45) is 5.92 Å². The SMILES string of the molecule is Cc1cn(-c2cc(CN3CCCC(C)C3)cc(NC(=O)c3cc(Cl)c(C)cn3)c2)cn1. The van der Waals surface area contributed by atoms with Crippen molar-refractivity contribution in [1.82, 2.24) is 19.4 Å². The lowest BCUT2D eigenvalue weighted by Gasteiger charge is -2.31. The van der Waals surface area contributed by atoms with Gasteiger partial charge in [-0.15, -0.1) is 0 Å². The molecule has 4 rings (SSSR count). The van der Waals surface area contributed by atoms with Crippen molar-refractivity contribution in [2.75, 3.05) is 18.4 Å². The first-order valence-corrected chi connectivity index (χ1v) is 11.1. The van der Waals surface area contributed by atoms with E-state index in [1.54, 1.807) is 18.6 Å². The van der Waals surface area contributed by atoms with Crippen LogP contribution in [0.2, 0.25) is 5.02 Å². The molecule has 2 aromatic heterocycles. The molecule has 0 saturated carbocycles. The quantitative estimate of drug-likeness (QED) is 0.608. The van der Waals surface area contributed by atoms with Crippen molar-refractivity contribution in [3.8, 4) is 5.69 Å². The number of carbonyl (C=O) groups excluding carboxylic acids is 1. The minimum atomic E-state index is -0.279. The predicted octanol–water partition coefficient (Wildman–Crippen LogP) is 5.02. The maximum Gasteiger partial charge on any atom is 0.274 e. The van der Waals surface area contributed by atoms with Crippen molar-refractivity contribution in [1.29, 1.82) is 0 Å². The number of imidazole rings is 1. The third kappa shape index (κ3) is 5.32. The number of pyridine rings is 1. The lowest BCUT2D eigenvalue weighted by Crippen LogP contribution is -2.33. The fourth-order valence-electron chi connectivity index (χ4n) is 4.06. The van der Waals surface area contributed by atoms with Crippen LogP contribution in [0.1, 0.15) is 47.1 Å². The van der Waals surface area contributed by atoms with E-state index in [-0.39, 0.29) is 5.91 Å². The van der Waals surface area contributed by atoms with Crippen LogP contribution in [0.4, 0.5) is 5.69 Å². The van der Waals surface area contributed by atoms with Gasteiger partial charge in [0.2, 0.25) is 0 Å². The van der Waals surface area contributed by atoms with Crippen LogP contribution >= 0.6 is 11.6 Å². The highest BCUT2D eigenvalue weighted by atomic mass is 35.5. The zero-order chi connectivity index (χ0) is 22.0. The number of aryl methyl sites for hydroxylation is 2. The van der Waals surface area contributed by atoms with Gasteiger partial charge in [-0.2, -0.15) is 0 Å². The largest absolute Gasteiger partial charge is 0.321 e. The molecule has 31 heavy (non-hydrogen) atoms. The van der Waals surface area contributed by atoms with Gasteiger partial charge in [-0.3, -0.25) is 14.7 Å². The Morgan fingerprint density at radius 3 is 2.77 bits per heavy atom. The molecule has 1 N–H and O–H groups in total. The molecule has 1 fully saturated rings. The normalized spacial score (nSPS) is 17.0. The average molecular weight is 438 g/mol. The number of halogens is 1. The van der Waals surface area contributed by atoms with Crippen molar-refractivity contribution in [3.05, 3.63) is 70.5 Å². The Morgan fingerprint density at radius 2 is 2.06 bits per heavy atom. The number of piperidine rings is 1. The molecule has 1 aromatic carbocycles. The molecule has 3 aromatic rings. The molecule has 6 nitrogen and oxygen atoms in total. The third-order valence-corrected chi connectivity index (χ3v) is 6.07. The first kappa shape index (κ1) is 21.5. The van der Waals surface area contributed by atoms with Crippen LogP contribution in [0.15, 0.2) is 43.0 Å². The number of nitrogens with one attached hydrogen (secondary N) is 1. The van der Waals surface area contributed by atoms with Gasteiger partial charge < -0.3 is 9.88 Å². The number of hydrogen-bond acceptors (Lipinski definition) is 4. The van der Waals surface area contributed by atoms with E-state index < -0.39 is 0 Å². The molecule has 1 amide bonds. The van der Waals surface area contributed by atoms with Gasteiger partial charge >= 0.3 is 0 Å². The van der Waals surface area contributed by atoms with Gasteiger partial charge in [0.25, 0.3) is 5.91 Å². The minimum Gasteiger partial charge on any atom is -0.321 e. The zero-order valence-electron chi connectivity index (χ0n) is 18.2. The van der Waals surface area contributed by atoms with Crippen LogP contribution in [-0.4, -0.2) is 38.4 Å². The number of anilines is 1.